The monoisotopic (exact) mass is 252 g/mol. The van der Waals surface area contributed by atoms with Crippen molar-refractivity contribution in [1.29, 1.82) is 0 Å². The predicted molar refractivity (Wildman–Crippen MR) is 75.2 cm³/mol. The van der Waals surface area contributed by atoms with Gasteiger partial charge in [-0.3, -0.25) is 4.79 Å². The largest absolute Gasteiger partial charge is 0.426 e. The number of carbonyl (C=O) groups excluding carboxylic acids is 1. The van der Waals surface area contributed by atoms with Gasteiger partial charge in [-0.25, -0.2) is 0 Å². The second kappa shape index (κ2) is 4.88. The van der Waals surface area contributed by atoms with Crippen LogP contribution in [-0.4, -0.2) is 5.97 Å². The standard InChI is InChI=1S/C17H16O2/c1-2-6-17(18)19-16-10-5-9-14-13-8-4-3-7-12(13)11-15(14)16/h3-5,7-10H,2,6,11H2,1H3. The minimum atomic E-state index is -0.146. The summed E-state index contributed by atoms with van der Waals surface area (Å²) in [7, 11) is 0. The molecule has 0 radical (unpaired) electrons. The Kier molecular flexibility index (Phi) is 3.08. The number of ether oxygens (including phenoxy) is 1. The lowest BCUT2D eigenvalue weighted by molar-refractivity contribution is -0.134. The average molecular weight is 252 g/mol. The van der Waals surface area contributed by atoms with Crippen LogP contribution in [0.5, 0.6) is 5.75 Å². The number of rotatable bonds is 3. The molecule has 0 atom stereocenters. The van der Waals surface area contributed by atoms with E-state index in [1.165, 1.54) is 16.7 Å². The Balaban J connectivity index is 1.97. The molecule has 96 valence electrons. The fourth-order valence-electron chi connectivity index (χ4n) is 2.60. The van der Waals surface area contributed by atoms with Gasteiger partial charge < -0.3 is 4.74 Å². The maximum absolute atomic E-state index is 11.7. The maximum atomic E-state index is 11.7. The van der Waals surface area contributed by atoms with Gasteiger partial charge in [0.25, 0.3) is 0 Å². The van der Waals surface area contributed by atoms with Crippen molar-refractivity contribution in [3.05, 3.63) is 53.6 Å². The summed E-state index contributed by atoms with van der Waals surface area (Å²) < 4.78 is 5.49. The molecule has 3 rings (SSSR count). The summed E-state index contributed by atoms with van der Waals surface area (Å²) in [6, 6.07) is 14.3. The molecule has 0 aliphatic heterocycles. The molecule has 0 N–H and O–H groups in total. The SMILES string of the molecule is CCCC(=O)Oc1cccc2c1Cc1ccccc1-2. The molecule has 0 fully saturated rings. The third kappa shape index (κ3) is 2.14. The molecule has 2 heteroatoms. The molecule has 0 aromatic heterocycles. The molecule has 19 heavy (non-hydrogen) atoms. The molecule has 2 aromatic carbocycles. The predicted octanol–water partition coefficient (Wildman–Crippen LogP) is 3.96. The Morgan fingerprint density at radius 3 is 2.74 bits per heavy atom. The van der Waals surface area contributed by atoms with Crippen LogP contribution >= 0.6 is 0 Å². The van der Waals surface area contributed by atoms with Gasteiger partial charge in [0.2, 0.25) is 0 Å². The smallest absolute Gasteiger partial charge is 0.311 e. The molecule has 0 saturated carbocycles. The summed E-state index contributed by atoms with van der Waals surface area (Å²) in [5, 5.41) is 0. The van der Waals surface area contributed by atoms with Crippen LogP contribution in [0.15, 0.2) is 42.5 Å². The Bertz CT molecular complexity index is 629. The summed E-state index contributed by atoms with van der Waals surface area (Å²) in [5.41, 5.74) is 4.88. The second-order valence-electron chi connectivity index (χ2n) is 4.84. The number of esters is 1. The lowest BCUT2D eigenvalue weighted by Crippen LogP contribution is -2.08. The van der Waals surface area contributed by atoms with Crippen LogP contribution in [0.2, 0.25) is 0 Å². The molecule has 0 spiro atoms. The summed E-state index contributed by atoms with van der Waals surface area (Å²) in [6.07, 6.45) is 2.13. The molecule has 1 aliphatic carbocycles. The quantitative estimate of drug-likeness (QED) is 0.521. The van der Waals surface area contributed by atoms with Crippen molar-refractivity contribution in [3.63, 3.8) is 0 Å². The van der Waals surface area contributed by atoms with Crippen molar-refractivity contribution in [1.82, 2.24) is 0 Å². The van der Waals surface area contributed by atoms with Crippen molar-refractivity contribution in [3.8, 4) is 16.9 Å². The van der Waals surface area contributed by atoms with Gasteiger partial charge in [-0.2, -0.15) is 0 Å². The van der Waals surface area contributed by atoms with Crippen LogP contribution in [0.3, 0.4) is 0 Å². The van der Waals surface area contributed by atoms with Gasteiger partial charge in [0.05, 0.1) is 0 Å². The van der Waals surface area contributed by atoms with Crippen LogP contribution in [0.1, 0.15) is 30.9 Å². The zero-order chi connectivity index (χ0) is 13.2. The molecule has 0 unspecified atom stereocenters. The fraction of sp³-hybridized carbons (Fsp3) is 0.235. The first-order chi connectivity index (χ1) is 9.29. The van der Waals surface area contributed by atoms with Crippen LogP contribution in [0.4, 0.5) is 0 Å². The highest BCUT2D eigenvalue weighted by Crippen LogP contribution is 2.40. The highest BCUT2D eigenvalue weighted by atomic mass is 16.5. The van der Waals surface area contributed by atoms with Crippen LogP contribution in [0, 0.1) is 0 Å². The van der Waals surface area contributed by atoms with E-state index in [1.54, 1.807) is 0 Å². The van der Waals surface area contributed by atoms with Gasteiger partial charge >= 0.3 is 5.97 Å². The van der Waals surface area contributed by atoms with Gasteiger partial charge in [-0.1, -0.05) is 43.3 Å². The van der Waals surface area contributed by atoms with E-state index in [0.29, 0.717) is 12.2 Å². The molecule has 2 aromatic rings. The van der Waals surface area contributed by atoms with E-state index in [0.717, 1.165) is 18.4 Å². The number of hydrogen-bond donors (Lipinski definition) is 0. The normalized spacial score (nSPS) is 11.8. The number of benzene rings is 2. The highest BCUT2D eigenvalue weighted by molar-refractivity contribution is 5.81. The Labute approximate surface area is 113 Å². The summed E-state index contributed by atoms with van der Waals surface area (Å²) in [4.78, 5) is 11.7. The first-order valence-electron chi connectivity index (χ1n) is 6.70. The first-order valence-corrected chi connectivity index (χ1v) is 6.70. The lowest BCUT2D eigenvalue weighted by atomic mass is 10.1. The van der Waals surface area contributed by atoms with E-state index in [2.05, 4.69) is 18.2 Å². The molecule has 0 heterocycles. The molecule has 0 bridgehead atoms. The van der Waals surface area contributed by atoms with Gasteiger partial charge in [0.1, 0.15) is 5.75 Å². The Morgan fingerprint density at radius 1 is 1.11 bits per heavy atom. The lowest BCUT2D eigenvalue weighted by Gasteiger charge is -2.08. The first kappa shape index (κ1) is 12.0. The van der Waals surface area contributed by atoms with Gasteiger partial charge in [0.15, 0.2) is 0 Å². The van der Waals surface area contributed by atoms with E-state index in [-0.39, 0.29) is 5.97 Å². The Hall–Kier alpha value is -2.09. The van der Waals surface area contributed by atoms with Gasteiger partial charge in [0, 0.05) is 18.4 Å². The van der Waals surface area contributed by atoms with E-state index in [9.17, 15) is 4.79 Å². The molecule has 1 aliphatic rings. The van der Waals surface area contributed by atoms with Crippen molar-refractivity contribution in [2.45, 2.75) is 26.2 Å². The fourth-order valence-corrected chi connectivity index (χ4v) is 2.60. The van der Waals surface area contributed by atoms with E-state index >= 15 is 0 Å². The molecule has 2 nitrogen and oxygen atoms in total. The zero-order valence-corrected chi connectivity index (χ0v) is 11.0. The molecule has 0 amide bonds. The van der Waals surface area contributed by atoms with E-state index in [1.807, 2.05) is 31.2 Å². The zero-order valence-electron chi connectivity index (χ0n) is 11.0. The van der Waals surface area contributed by atoms with Crippen LogP contribution < -0.4 is 4.74 Å². The second-order valence-corrected chi connectivity index (χ2v) is 4.84. The Morgan fingerprint density at radius 2 is 1.89 bits per heavy atom. The van der Waals surface area contributed by atoms with Crippen LogP contribution in [-0.2, 0) is 11.2 Å². The van der Waals surface area contributed by atoms with Crippen molar-refractivity contribution in [2.75, 3.05) is 0 Å². The van der Waals surface area contributed by atoms with Gasteiger partial charge in [-0.15, -0.1) is 0 Å². The van der Waals surface area contributed by atoms with Crippen LogP contribution in [0.25, 0.3) is 11.1 Å². The molecule has 0 saturated heterocycles. The summed E-state index contributed by atoms with van der Waals surface area (Å²) in [5.74, 6) is 0.569. The molecular weight excluding hydrogens is 236 g/mol. The maximum Gasteiger partial charge on any atom is 0.311 e. The third-order valence-corrected chi connectivity index (χ3v) is 3.49. The average Bonchev–Trinajstić information content (AvgIpc) is 2.79. The summed E-state index contributed by atoms with van der Waals surface area (Å²) >= 11 is 0. The number of fused-ring (bicyclic) bond motifs is 3. The third-order valence-electron chi connectivity index (χ3n) is 3.49. The van der Waals surface area contributed by atoms with Crippen molar-refractivity contribution in [2.24, 2.45) is 0 Å². The number of hydrogen-bond acceptors (Lipinski definition) is 2. The van der Waals surface area contributed by atoms with E-state index in [4.69, 9.17) is 4.74 Å². The van der Waals surface area contributed by atoms with Gasteiger partial charge in [-0.05, 0) is 29.2 Å². The summed E-state index contributed by atoms with van der Waals surface area (Å²) in [6.45, 7) is 1.98. The van der Waals surface area contributed by atoms with E-state index < -0.39 is 0 Å². The molecular formula is C17H16O2. The highest BCUT2D eigenvalue weighted by Gasteiger charge is 2.22. The minimum Gasteiger partial charge on any atom is -0.426 e. The minimum absolute atomic E-state index is 0.146. The number of carbonyl (C=O) groups is 1. The topological polar surface area (TPSA) is 26.3 Å². The van der Waals surface area contributed by atoms with Crippen molar-refractivity contribution < 1.29 is 9.53 Å². The van der Waals surface area contributed by atoms with Crippen molar-refractivity contribution >= 4 is 5.97 Å².